The molecular formula is C19H15BrFN3O4S. The number of benzene rings is 2. The normalized spacial score (nSPS) is 17.7. The quantitative estimate of drug-likeness (QED) is 0.467. The smallest absolute Gasteiger partial charge is 0.305 e. The third-order valence-electron chi connectivity index (χ3n) is 3.79. The summed E-state index contributed by atoms with van der Waals surface area (Å²) < 4.78 is 20.3. The van der Waals surface area contributed by atoms with Crippen molar-refractivity contribution in [3.63, 3.8) is 0 Å². The van der Waals surface area contributed by atoms with Gasteiger partial charge in [-0.25, -0.2) is 4.39 Å². The van der Waals surface area contributed by atoms with Gasteiger partial charge in [-0.1, -0.05) is 45.9 Å². The fourth-order valence-electron chi connectivity index (χ4n) is 2.41. The van der Waals surface area contributed by atoms with Gasteiger partial charge in [0.1, 0.15) is 23.4 Å². The van der Waals surface area contributed by atoms with Gasteiger partial charge in [-0.05, 0) is 24.3 Å². The monoisotopic (exact) mass is 479 g/mol. The van der Waals surface area contributed by atoms with Crippen LogP contribution in [0.1, 0.15) is 17.5 Å². The molecule has 7 nitrogen and oxygen atoms in total. The van der Waals surface area contributed by atoms with Gasteiger partial charge in [0.15, 0.2) is 5.17 Å². The molecule has 10 heteroatoms. The maximum atomic E-state index is 13.8. The van der Waals surface area contributed by atoms with Gasteiger partial charge in [-0.3, -0.25) is 9.59 Å². The van der Waals surface area contributed by atoms with E-state index in [1.807, 2.05) is 0 Å². The van der Waals surface area contributed by atoms with E-state index in [4.69, 9.17) is 9.84 Å². The molecule has 0 aliphatic carbocycles. The molecule has 3 rings (SSSR count). The molecule has 29 heavy (non-hydrogen) atoms. The molecule has 1 saturated heterocycles. The summed E-state index contributed by atoms with van der Waals surface area (Å²) in [7, 11) is 0. The van der Waals surface area contributed by atoms with E-state index in [1.165, 1.54) is 12.3 Å². The second-order valence-corrected chi connectivity index (χ2v) is 8.01. The van der Waals surface area contributed by atoms with Gasteiger partial charge in [0.2, 0.25) is 5.91 Å². The number of nitrogens with one attached hydrogen (secondary N) is 1. The van der Waals surface area contributed by atoms with Crippen molar-refractivity contribution in [3.8, 4) is 5.75 Å². The Morgan fingerprint density at radius 1 is 1.34 bits per heavy atom. The lowest BCUT2D eigenvalue weighted by molar-refractivity contribution is -0.138. The maximum Gasteiger partial charge on any atom is 0.305 e. The Balaban J connectivity index is 1.70. The lowest BCUT2D eigenvalue weighted by atomic mass is 10.2. The third-order valence-corrected chi connectivity index (χ3v) is 5.36. The van der Waals surface area contributed by atoms with E-state index in [1.54, 1.807) is 36.4 Å². The van der Waals surface area contributed by atoms with Crippen molar-refractivity contribution in [1.29, 1.82) is 0 Å². The van der Waals surface area contributed by atoms with Crippen LogP contribution in [0, 0.1) is 5.82 Å². The fraction of sp³-hybridized carbons (Fsp3) is 0.158. The molecule has 2 aromatic rings. The average molecular weight is 480 g/mol. The van der Waals surface area contributed by atoms with Crippen molar-refractivity contribution in [2.75, 3.05) is 0 Å². The molecule has 1 amide bonds. The van der Waals surface area contributed by atoms with Crippen LogP contribution in [0.2, 0.25) is 0 Å². The average Bonchev–Trinajstić information content (AvgIpc) is 3.01. The molecule has 1 unspecified atom stereocenters. The highest BCUT2D eigenvalue weighted by Gasteiger charge is 2.32. The lowest BCUT2D eigenvalue weighted by Crippen LogP contribution is -2.26. The Bertz CT molecular complexity index is 999. The molecule has 2 N–H and O–H groups in total. The zero-order chi connectivity index (χ0) is 20.8. The summed E-state index contributed by atoms with van der Waals surface area (Å²) in [5.41, 5.74) is 1.02. The molecule has 1 heterocycles. The number of thioether (sulfide) groups is 1. The van der Waals surface area contributed by atoms with Crippen LogP contribution in [0.15, 0.2) is 57.1 Å². The molecule has 0 saturated carbocycles. The van der Waals surface area contributed by atoms with E-state index in [9.17, 15) is 14.0 Å². The molecule has 0 radical (unpaired) electrons. The Labute approximate surface area is 178 Å². The van der Waals surface area contributed by atoms with E-state index < -0.39 is 17.1 Å². The van der Waals surface area contributed by atoms with E-state index in [2.05, 4.69) is 31.4 Å². The Hall–Kier alpha value is -2.72. The third kappa shape index (κ3) is 5.88. The molecule has 1 fully saturated rings. The largest absolute Gasteiger partial charge is 0.488 e. The molecule has 1 aliphatic rings. The number of rotatable bonds is 7. The van der Waals surface area contributed by atoms with E-state index >= 15 is 0 Å². The molecular weight excluding hydrogens is 465 g/mol. The summed E-state index contributed by atoms with van der Waals surface area (Å²) in [6.07, 6.45) is 1.14. The number of hydrogen-bond acceptors (Lipinski definition) is 6. The molecule has 2 aromatic carbocycles. The number of nitrogens with zero attached hydrogens (tertiary/aromatic N) is 2. The Morgan fingerprint density at radius 2 is 2.14 bits per heavy atom. The summed E-state index contributed by atoms with van der Waals surface area (Å²) in [5, 5.41) is 18.7. The van der Waals surface area contributed by atoms with Gasteiger partial charge in [0, 0.05) is 15.6 Å². The van der Waals surface area contributed by atoms with Gasteiger partial charge in [0.05, 0.1) is 12.6 Å². The Kier molecular flexibility index (Phi) is 6.99. The number of amides is 1. The van der Waals surface area contributed by atoms with Crippen LogP contribution in [0.25, 0.3) is 0 Å². The first kappa shape index (κ1) is 21.0. The number of carbonyl (C=O) groups is 2. The first-order valence-corrected chi connectivity index (χ1v) is 10.1. The van der Waals surface area contributed by atoms with Crippen molar-refractivity contribution in [1.82, 2.24) is 5.32 Å². The second-order valence-electron chi connectivity index (χ2n) is 5.91. The zero-order valence-corrected chi connectivity index (χ0v) is 17.2. The van der Waals surface area contributed by atoms with Gasteiger partial charge < -0.3 is 15.2 Å². The van der Waals surface area contributed by atoms with Gasteiger partial charge >= 0.3 is 5.97 Å². The van der Waals surface area contributed by atoms with Crippen molar-refractivity contribution in [2.24, 2.45) is 10.2 Å². The number of aliphatic carboxylic acids is 1. The summed E-state index contributed by atoms with van der Waals surface area (Å²) >= 11 is 4.38. The molecule has 1 aliphatic heterocycles. The summed E-state index contributed by atoms with van der Waals surface area (Å²) in [5.74, 6) is -1.35. The fourth-order valence-corrected chi connectivity index (χ4v) is 3.71. The first-order valence-electron chi connectivity index (χ1n) is 8.38. The number of halogens is 2. The van der Waals surface area contributed by atoms with Crippen LogP contribution in [0.4, 0.5) is 4.39 Å². The topological polar surface area (TPSA) is 100 Å². The number of ether oxygens (including phenoxy) is 1. The summed E-state index contributed by atoms with van der Waals surface area (Å²) in [6.45, 7) is 0.0481. The predicted molar refractivity (Wildman–Crippen MR) is 112 cm³/mol. The molecule has 0 aromatic heterocycles. The minimum absolute atomic E-state index is 0.0481. The van der Waals surface area contributed by atoms with Crippen LogP contribution >= 0.6 is 27.7 Å². The van der Waals surface area contributed by atoms with Crippen LogP contribution in [-0.2, 0) is 16.2 Å². The molecule has 1 atom stereocenters. The number of carboxylic acid groups (broad SMARTS) is 1. The number of carbonyl (C=O) groups excluding carboxylic acids is 1. The minimum atomic E-state index is -1.06. The number of hydrogen-bond donors (Lipinski definition) is 2. The van der Waals surface area contributed by atoms with Crippen LogP contribution in [0.5, 0.6) is 5.75 Å². The SMILES string of the molecule is O=C(O)CC1SC(=NN=Cc2cc(Br)ccc2OCc2ccccc2F)NC1=O. The van der Waals surface area contributed by atoms with Gasteiger partial charge in [-0.2, -0.15) is 5.10 Å². The number of amidine groups is 1. The number of carboxylic acids is 1. The molecule has 0 spiro atoms. The minimum Gasteiger partial charge on any atom is -0.488 e. The predicted octanol–water partition coefficient (Wildman–Crippen LogP) is 3.56. The van der Waals surface area contributed by atoms with Crippen LogP contribution < -0.4 is 10.1 Å². The lowest BCUT2D eigenvalue weighted by Gasteiger charge is -2.10. The highest BCUT2D eigenvalue weighted by molar-refractivity contribution is 9.10. The van der Waals surface area contributed by atoms with Crippen molar-refractivity contribution >= 4 is 51.0 Å². The van der Waals surface area contributed by atoms with Crippen molar-refractivity contribution in [2.45, 2.75) is 18.3 Å². The first-order chi connectivity index (χ1) is 13.9. The second kappa shape index (κ2) is 9.66. The van der Waals surface area contributed by atoms with Gasteiger partial charge in [0.25, 0.3) is 0 Å². The van der Waals surface area contributed by atoms with Crippen LogP contribution in [0.3, 0.4) is 0 Å². The molecule has 150 valence electrons. The summed E-state index contributed by atoms with van der Waals surface area (Å²) in [6, 6.07) is 11.6. The van der Waals surface area contributed by atoms with Crippen molar-refractivity contribution in [3.05, 3.63) is 63.9 Å². The zero-order valence-electron chi connectivity index (χ0n) is 14.8. The maximum absolute atomic E-state index is 13.8. The van der Waals surface area contributed by atoms with E-state index in [-0.39, 0.29) is 24.0 Å². The van der Waals surface area contributed by atoms with E-state index in [0.717, 1.165) is 16.2 Å². The summed E-state index contributed by atoms with van der Waals surface area (Å²) in [4.78, 5) is 22.5. The molecule has 0 bridgehead atoms. The highest BCUT2D eigenvalue weighted by Crippen LogP contribution is 2.24. The van der Waals surface area contributed by atoms with Crippen LogP contribution in [-0.4, -0.2) is 33.6 Å². The van der Waals surface area contributed by atoms with E-state index in [0.29, 0.717) is 16.9 Å². The van der Waals surface area contributed by atoms with Crippen molar-refractivity contribution < 1.29 is 23.8 Å². The van der Waals surface area contributed by atoms with Gasteiger partial charge in [-0.15, -0.1) is 5.10 Å². The standard InChI is InChI=1S/C19H15BrFN3O4S/c20-13-5-6-15(28-10-11-3-1-2-4-14(11)21)12(7-13)9-22-24-19-23-18(27)16(29-19)8-17(25)26/h1-7,9,16H,8,10H2,(H,25,26)(H,23,24,27). The highest BCUT2D eigenvalue weighted by atomic mass is 79.9. The Morgan fingerprint density at radius 3 is 2.90 bits per heavy atom.